The van der Waals surface area contributed by atoms with Gasteiger partial charge in [-0.15, -0.1) is 0 Å². The number of hydrogen-bond acceptors (Lipinski definition) is 6. The van der Waals surface area contributed by atoms with Gasteiger partial charge in [-0.05, 0) is 32.2 Å². The van der Waals surface area contributed by atoms with Crippen molar-refractivity contribution in [2.45, 2.75) is 13.8 Å². The molecule has 1 rings (SSSR count). The average molecular weight is 283 g/mol. The molecule has 0 saturated carbocycles. The second-order valence-electron chi connectivity index (χ2n) is 4.01. The third kappa shape index (κ3) is 5.44. The lowest BCUT2D eigenvalue weighted by Crippen LogP contribution is -2.31. The van der Waals surface area contributed by atoms with Crippen LogP contribution in [0.3, 0.4) is 0 Å². The predicted octanol–water partition coefficient (Wildman–Crippen LogP) is 0.885. The third-order valence-electron chi connectivity index (χ3n) is 2.60. The summed E-state index contributed by atoms with van der Waals surface area (Å²) >= 11 is 0. The molecule has 0 bridgehead atoms. The van der Waals surface area contributed by atoms with Crippen molar-refractivity contribution in [3.05, 3.63) is 23.9 Å². The highest BCUT2D eigenvalue weighted by Gasteiger charge is 2.19. The van der Waals surface area contributed by atoms with Crippen molar-refractivity contribution < 1.29 is 23.8 Å². The molecular weight excluding hydrogens is 262 g/mol. The number of hydrogen-bond donors (Lipinski definition) is 0. The minimum Gasteiger partial charge on any atom is -0.462 e. The van der Waals surface area contributed by atoms with Gasteiger partial charge < -0.3 is 19.1 Å². The van der Waals surface area contributed by atoms with Gasteiger partial charge in [-0.1, -0.05) is 0 Å². The van der Waals surface area contributed by atoms with Crippen molar-refractivity contribution in [2.24, 2.45) is 0 Å². The topological polar surface area (TPSA) is 65.1 Å². The zero-order valence-corrected chi connectivity index (χ0v) is 12.0. The van der Waals surface area contributed by atoms with Gasteiger partial charge in [-0.25, -0.2) is 9.59 Å². The molecule has 6 nitrogen and oxygen atoms in total. The van der Waals surface area contributed by atoms with E-state index in [-0.39, 0.29) is 18.8 Å². The molecule has 0 radical (unpaired) electrons. The lowest BCUT2D eigenvalue weighted by atomic mass is 10.2. The molecule has 0 aromatic rings. The van der Waals surface area contributed by atoms with Gasteiger partial charge in [0.15, 0.2) is 0 Å². The van der Waals surface area contributed by atoms with Crippen molar-refractivity contribution in [2.75, 3.05) is 39.5 Å². The van der Waals surface area contributed by atoms with Crippen LogP contribution in [0.2, 0.25) is 0 Å². The molecule has 1 heterocycles. The number of allylic oxidation sites excluding steroid dienone is 2. The highest BCUT2D eigenvalue weighted by atomic mass is 16.6. The Hall–Kier alpha value is -1.82. The quantitative estimate of drug-likeness (QED) is 0.237. The van der Waals surface area contributed by atoms with Crippen LogP contribution in [0.4, 0.5) is 0 Å². The van der Waals surface area contributed by atoms with E-state index in [0.29, 0.717) is 13.2 Å². The van der Waals surface area contributed by atoms with Crippen molar-refractivity contribution in [3.8, 4) is 0 Å². The molecule has 0 aromatic heterocycles. The van der Waals surface area contributed by atoms with Crippen LogP contribution in [0, 0.1) is 0 Å². The molecule has 0 aliphatic carbocycles. The first-order chi connectivity index (χ1) is 9.69. The summed E-state index contributed by atoms with van der Waals surface area (Å²) in [6.07, 6.45) is 4.89. The Labute approximate surface area is 119 Å². The van der Waals surface area contributed by atoms with Gasteiger partial charge in [-0.3, -0.25) is 0 Å². The SMILES string of the molecule is CCOC(=O)C(=C/C=C/N1CCOCC1)C(=O)OCC. The molecule has 0 aromatic carbocycles. The Morgan fingerprint density at radius 3 is 2.15 bits per heavy atom. The normalized spacial score (nSPS) is 15.0. The molecular formula is C14H21NO5. The molecule has 1 aliphatic rings. The first kappa shape index (κ1) is 16.2. The first-order valence-corrected chi connectivity index (χ1v) is 6.73. The van der Waals surface area contributed by atoms with Crippen LogP contribution in [-0.2, 0) is 23.8 Å². The van der Waals surface area contributed by atoms with Crippen molar-refractivity contribution in [1.82, 2.24) is 4.90 Å². The number of morpholine rings is 1. The van der Waals surface area contributed by atoms with E-state index < -0.39 is 11.9 Å². The maximum atomic E-state index is 11.7. The Bertz CT molecular complexity index is 363. The van der Waals surface area contributed by atoms with Crippen molar-refractivity contribution in [3.63, 3.8) is 0 Å². The van der Waals surface area contributed by atoms with Gasteiger partial charge in [0.05, 0.1) is 26.4 Å². The van der Waals surface area contributed by atoms with E-state index in [1.807, 2.05) is 11.1 Å². The molecule has 0 amide bonds. The van der Waals surface area contributed by atoms with Crippen molar-refractivity contribution in [1.29, 1.82) is 0 Å². The number of nitrogens with zero attached hydrogens (tertiary/aromatic N) is 1. The molecule has 6 heteroatoms. The molecule has 0 unspecified atom stereocenters. The van der Waals surface area contributed by atoms with E-state index in [2.05, 4.69) is 0 Å². The van der Waals surface area contributed by atoms with Gasteiger partial charge in [0.2, 0.25) is 0 Å². The van der Waals surface area contributed by atoms with Gasteiger partial charge in [-0.2, -0.15) is 0 Å². The van der Waals surface area contributed by atoms with Crippen molar-refractivity contribution >= 4 is 11.9 Å². The van der Waals surface area contributed by atoms with E-state index in [1.54, 1.807) is 19.9 Å². The summed E-state index contributed by atoms with van der Waals surface area (Å²) in [6.45, 7) is 6.73. The second-order valence-corrected chi connectivity index (χ2v) is 4.01. The molecule has 20 heavy (non-hydrogen) atoms. The fraction of sp³-hybridized carbons (Fsp3) is 0.571. The standard InChI is InChI=1S/C14H21NO5/c1-3-19-13(16)12(14(17)20-4-2)6-5-7-15-8-10-18-11-9-15/h5-7H,3-4,8-11H2,1-2H3/b7-5+. The summed E-state index contributed by atoms with van der Waals surface area (Å²) in [7, 11) is 0. The van der Waals surface area contributed by atoms with Crippen LogP contribution in [0.1, 0.15) is 13.8 Å². The Morgan fingerprint density at radius 1 is 1.10 bits per heavy atom. The van der Waals surface area contributed by atoms with E-state index in [4.69, 9.17) is 14.2 Å². The maximum Gasteiger partial charge on any atom is 0.345 e. The first-order valence-electron chi connectivity index (χ1n) is 6.73. The Kier molecular flexibility index (Phi) is 7.42. The molecule has 0 atom stereocenters. The van der Waals surface area contributed by atoms with E-state index >= 15 is 0 Å². The predicted molar refractivity (Wildman–Crippen MR) is 72.9 cm³/mol. The smallest absolute Gasteiger partial charge is 0.345 e. The average Bonchev–Trinajstić information content (AvgIpc) is 2.45. The minimum atomic E-state index is -0.669. The lowest BCUT2D eigenvalue weighted by molar-refractivity contribution is -0.146. The largest absolute Gasteiger partial charge is 0.462 e. The van der Waals surface area contributed by atoms with Crippen LogP contribution in [0.5, 0.6) is 0 Å². The third-order valence-corrected chi connectivity index (χ3v) is 2.60. The fourth-order valence-corrected chi connectivity index (χ4v) is 1.62. The van der Waals surface area contributed by atoms with Gasteiger partial charge >= 0.3 is 11.9 Å². The zero-order chi connectivity index (χ0) is 14.8. The minimum absolute atomic E-state index is 0.0989. The highest BCUT2D eigenvalue weighted by Crippen LogP contribution is 2.04. The molecule has 1 fully saturated rings. The summed E-state index contributed by atoms with van der Waals surface area (Å²) in [4.78, 5) is 25.4. The summed E-state index contributed by atoms with van der Waals surface area (Å²) in [5, 5.41) is 0. The van der Waals surface area contributed by atoms with Gasteiger partial charge in [0, 0.05) is 13.1 Å². The lowest BCUT2D eigenvalue weighted by Gasteiger charge is -2.24. The number of ether oxygens (including phenoxy) is 3. The molecule has 0 spiro atoms. The summed E-state index contributed by atoms with van der Waals surface area (Å²) in [5.41, 5.74) is -0.0989. The molecule has 112 valence electrons. The molecule has 1 saturated heterocycles. The van der Waals surface area contributed by atoms with Gasteiger partial charge in [0.25, 0.3) is 0 Å². The summed E-state index contributed by atoms with van der Waals surface area (Å²) in [5.74, 6) is -1.34. The number of esters is 2. The van der Waals surface area contributed by atoms with Gasteiger partial charge in [0.1, 0.15) is 5.57 Å². The zero-order valence-electron chi connectivity index (χ0n) is 12.0. The molecule has 0 N–H and O–H groups in total. The maximum absolute atomic E-state index is 11.7. The van der Waals surface area contributed by atoms with E-state index in [9.17, 15) is 9.59 Å². The van der Waals surface area contributed by atoms with Crippen LogP contribution in [0.25, 0.3) is 0 Å². The summed E-state index contributed by atoms with van der Waals surface area (Å²) < 4.78 is 14.9. The number of rotatable bonds is 6. The van der Waals surface area contributed by atoms with Crippen LogP contribution in [0.15, 0.2) is 23.9 Å². The van der Waals surface area contributed by atoms with Crippen LogP contribution in [-0.4, -0.2) is 56.4 Å². The second kappa shape index (κ2) is 9.14. The number of carbonyl (C=O) groups excluding carboxylic acids is 2. The Morgan fingerprint density at radius 2 is 1.65 bits per heavy atom. The van der Waals surface area contributed by atoms with Crippen LogP contribution >= 0.6 is 0 Å². The van der Waals surface area contributed by atoms with E-state index in [0.717, 1.165) is 13.1 Å². The fourth-order valence-electron chi connectivity index (χ4n) is 1.62. The Balaban J connectivity index is 2.69. The monoisotopic (exact) mass is 283 g/mol. The highest BCUT2D eigenvalue weighted by molar-refractivity contribution is 6.14. The molecule has 1 aliphatic heterocycles. The van der Waals surface area contributed by atoms with Crippen LogP contribution < -0.4 is 0 Å². The summed E-state index contributed by atoms with van der Waals surface area (Å²) in [6, 6.07) is 0. The van der Waals surface area contributed by atoms with E-state index in [1.165, 1.54) is 6.08 Å². The number of carbonyl (C=O) groups is 2.